The zero-order valence-electron chi connectivity index (χ0n) is 16.1. The highest BCUT2D eigenvalue weighted by Gasteiger charge is 2.44. The molecule has 2 bridgehead atoms. The molecule has 8 nitrogen and oxygen atoms in total. The van der Waals surface area contributed by atoms with E-state index in [1.807, 2.05) is 4.90 Å². The van der Waals surface area contributed by atoms with Gasteiger partial charge in [0.05, 0.1) is 4.92 Å². The van der Waals surface area contributed by atoms with E-state index >= 15 is 0 Å². The molecule has 1 N–H and O–H groups in total. The molecular weight excluding hydrogens is 360 g/mol. The number of likely N-dealkylation sites (tertiary alicyclic amines) is 1. The van der Waals surface area contributed by atoms with Crippen molar-refractivity contribution in [1.29, 1.82) is 0 Å². The van der Waals surface area contributed by atoms with Crippen LogP contribution in [0.15, 0.2) is 18.2 Å². The van der Waals surface area contributed by atoms with Gasteiger partial charge < -0.3 is 15.1 Å². The fourth-order valence-corrected chi connectivity index (χ4v) is 4.94. The van der Waals surface area contributed by atoms with Gasteiger partial charge in [-0.3, -0.25) is 19.7 Å². The second-order valence-electron chi connectivity index (χ2n) is 8.04. The van der Waals surface area contributed by atoms with Crippen LogP contribution in [0.1, 0.15) is 48.0 Å². The Morgan fingerprint density at radius 2 is 1.96 bits per heavy atom. The van der Waals surface area contributed by atoms with E-state index in [1.165, 1.54) is 12.1 Å². The summed E-state index contributed by atoms with van der Waals surface area (Å²) in [5.74, 6) is -0.144. The number of carbonyl (C=O) groups is 2. The maximum absolute atomic E-state index is 13.4. The maximum atomic E-state index is 13.4. The van der Waals surface area contributed by atoms with E-state index in [4.69, 9.17) is 0 Å². The van der Waals surface area contributed by atoms with Crippen LogP contribution in [-0.4, -0.2) is 64.3 Å². The van der Waals surface area contributed by atoms with E-state index in [-0.39, 0.29) is 29.6 Å². The molecule has 28 heavy (non-hydrogen) atoms. The number of nitrogens with zero attached hydrogens (tertiary/aromatic N) is 3. The summed E-state index contributed by atoms with van der Waals surface area (Å²) in [5, 5.41) is 14.4. The Bertz CT molecular complexity index is 797. The van der Waals surface area contributed by atoms with Crippen LogP contribution < -0.4 is 5.32 Å². The van der Waals surface area contributed by atoms with Gasteiger partial charge >= 0.3 is 0 Å². The SMILES string of the molecule is Cc1cc(C(=O)N2CCCC2C(=O)N2C3CCNCC2CC3)ccc1[N+](=O)[O-]. The fraction of sp³-hybridized carbons (Fsp3) is 0.600. The van der Waals surface area contributed by atoms with Crippen LogP contribution in [0, 0.1) is 17.0 Å². The summed E-state index contributed by atoms with van der Waals surface area (Å²) < 4.78 is 0. The lowest BCUT2D eigenvalue weighted by atomic mass is 10.1. The van der Waals surface area contributed by atoms with Gasteiger partial charge in [-0.15, -0.1) is 0 Å². The second kappa shape index (κ2) is 7.50. The number of hydrogen-bond donors (Lipinski definition) is 1. The van der Waals surface area contributed by atoms with Crippen LogP contribution in [0.25, 0.3) is 0 Å². The number of carbonyl (C=O) groups excluding carboxylic acids is 2. The minimum Gasteiger partial charge on any atom is -0.334 e. The van der Waals surface area contributed by atoms with Crippen molar-refractivity contribution in [3.8, 4) is 0 Å². The third-order valence-electron chi connectivity index (χ3n) is 6.35. The van der Waals surface area contributed by atoms with Gasteiger partial charge in [-0.1, -0.05) is 0 Å². The van der Waals surface area contributed by atoms with E-state index in [0.29, 0.717) is 24.1 Å². The lowest BCUT2D eigenvalue weighted by molar-refractivity contribution is -0.385. The zero-order valence-corrected chi connectivity index (χ0v) is 16.1. The molecule has 1 aromatic rings. The molecule has 4 rings (SSSR count). The van der Waals surface area contributed by atoms with Crippen molar-refractivity contribution >= 4 is 17.5 Å². The zero-order chi connectivity index (χ0) is 19.8. The Hall–Kier alpha value is -2.48. The molecular formula is C20H26N4O4. The first-order valence-corrected chi connectivity index (χ1v) is 10.1. The molecule has 8 heteroatoms. The summed E-state index contributed by atoms with van der Waals surface area (Å²) in [5.41, 5.74) is 0.858. The van der Waals surface area contributed by atoms with Crippen molar-refractivity contribution < 1.29 is 14.5 Å². The highest BCUT2D eigenvalue weighted by atomic mass is 16.6. The summed E-state index contributed by atoms with van der Waals surface area (Å²) in [6, 6.07) is 4.48. The number of benzene rings is 1. The van der Waals surface area contributed by atoms with Crippen molar-refractivity contribution in [2.24, 2.45) is 0 Å². The van der Waals surface area contributed by atoms with Crippen LogP contribution in [0.5, 0.6) is 0 Å². The van der Waals surface area contributed by atoms with Gasteiger partial charge in [0.25, 0.3) is 11.6 Å². The number of hydrogen-bond acceptors (Lipinski definition) is 5. The number of aryl methyl sites for hydroxylation is 1. The van der Waals surface area contributed by atoms with Crippen molar-refractivity contribution in [3.63, 3.8) is 0 Å². The molecule has 0 aromatic heterocycles. The molecule has 3 heterocycles. The smallest absolute Gasteiger partial charge is 0.272 e. The fourth-order valence-electron chi connectivity index (χ4n) is 4.94. The monoisotopic (exact) mass is 386 g/mol. The lowest BCUT2D eigenvalue weighted by Crippen LogP contribution is -2.52. The van der Waals surface area contributed by atoms with Crippen LogP contribution in [-0.2, 0) is 4.79 Å². The largest absolute Gasteiger partial charge is 0.334 e. The number of nitro benzene ring substituents is 1. The van der Waals surface area contributed by atoms with E-state index in [2.05, 4.69) is 5.32 Å². The molecule has 3 fully saturated rings. The Morgan fingerprint density at radius 3 is 2.71 bits per heavy atom. The molecule has 0 spiro atoms. The lowest BCUT2D eigenvalue weighted by Gasteiger charge is -2.33. The molecule has 3 atom stereocenters. The molecule has 1 aromatic carbocycles. The summed E-state index contributed by atoms with van der Waals surface area (Å²) in [6.45, 7) is 3.93. The minimum absolute atomic E-state index is 0.000703. The van der Waals surface area contributed by atoms with Crippen LogP contribution in [0.3, 0.4) is 0 Å². The number of fused-ring (bicyclic) bond motifs is 2. The first-order chi connectivity index (χ1) is 13.5. The van der Waals surface area contributed by atoms with Gasteiger partial charge in [0, 0.05) is 42.4 Å². The number of nitrogens with one attached hydrogen (secondary N) is 1. The average molecular weight is 386 g/mol. The van der Waals surface area contributed by atoms with Gasteiger partial charge in [-0.05, 0) is 57.7 Å². The van der Waals surface area contributed by atoms with E-state index in [9.17, 15) is 19.7 Å². The summed E-state index contributed by atoms with van der Waals surface area (Å²) in [4.78, 5) is 40.8. The van der Waals surface area contributed by atoms with E-state index in [1.54, 1.807) is 17.9 Å². The maximum Gasteiger partial charge on any atom is 0.272 e. The van der Waals surface area contributed by atoms with E-state index < -0.39 is 11.0 Å². The third kappa shape index (κ3) is 3.26. The van der Waals surface area contributed by atoms with Gasteiger partial charge in [0.1, 0.15) is 6.04 Å². The molecule has 0 saturated carbocycles. The van der Waals surface area contributed by atoms with Gasteiger partial charge in [-0.25, -0.2) is 0 Å². The van der Waals surface area contributed by atoms with E-state index in [0.717, 1.165) is 38.8 Å². The quantitative estimate of drug-likeness (QED) is 0.632. The molecule has 0 aliphatic carbocycles. The topological polar surface area (TPSA) is 95.8 Å². The molecule has 0 radical (unpaired) electrons. The van der Waals surface area contributed by atoms with Crippen molar-refractivity contribution in [2.45, 2.75) is 57.2 Å². The number of nitro groups is 1. The van der Waals surface area contributed by atoms with Crippen LogP contribution in [0.4, 0.5) is 5.69 Å². The normalized spacial score (nSPS) is 27.0. The van der Waals surface area contributed by atoms with Gasteiger partial charge in [0.2, 0.25) is 5.91 Å². The van der Waals surface area contributed by atoms with Crippen LogP contribution in [0.2, 0.25) is 0 Å². The van der Waals surface area contributed by atoms with Crippen molar-refractivity contribution in [2.75, 3.05) is 19.6 Å². The molecule has 150 valence electrons. The molecule has 3 aliphatic rings. The second-order valence-corrected chi connectivity index (χ2v) is 8.04. The predicted octanol–water partition coefficient (Wildman–Crippen LogP) is 1.86. The summed E-state index contributed by atoms with van der Waals surface area (Å²) in [6.07, 6.45) is 4.51. The van der Waals surface area contributed by atoms with Crippen molar-refractivity contribution in [1.82, 2.24) is 15.1 Å². The third-order valence-corrected chi connectivity index (χ3v) is 6.35. The Balaban J connectivity index is 1.55. The predicted molar refractivity (Wildman–Crippen MR) is 103 cm³/mol. The van der Waals surface area contributed by atoms with Gasteiger partial charge in [0.15, 0.2) is 0 Å². The summed E-state index contributed by atoms with van der Waals surface area (Å²) >= 11 is 0. The number of amides is 2. The standard InChI is InChI=1S/C20H26N4O4/c1-13-11-14(4-7-17(13)24(27)28)19(25)22-10-2-3-18(22)20(26)23-15-5-6-16(23)12-21-9-8-15/h4,7,11,15-16,18,21H,2-3,5-6,8-10,12H2,1H3. The highest BCUT2D eigenvalue weighted by Crippen LogP contribution is 2.32. The Labute approximate surface area is 164 Å². The van der Waals surface area contributed by atoms with Crippen LogP contribution >= 0.6 is 0 Å². The highest BCUT2D eigenvalue weighted by molar-refractivity contribution is 5.98. The molecule has 2 amide bonds. The Kier molecular flexibility index (Phi) is 5.05. The number of rotatable bonds is 3. The first kappa shape index (κ1) is 18.9. The van der Waals surface area contributed by atoms with Gasteiger partial charge in [-0.2, -0.15) is 0 Å². The minimum atomic E-state index is -0.449. The first-order valence-electron chi connectivity index (χ1n) is 10.1. The molecule has 3 unspecified atom stereocenters. The average Bonchev–Trinajstić information content (AvgIpc) is 3.23. The van der Waals surface area contributed by atoms with Crippen molar-refractivity contribution in [3.05, 3.63) is 39.4 Å². The Morgan fingerprint density at radius 1 is 1.18 bits per heavy atom. The summed E-state index contributed by atoms with van der Waals surface area (Å²) in [7, 11) is 0. The molecule has 3 saturated heterocycles. The molecule has 3 aliphatic heterocycles.